The Hall–Kier alpha value is -4.36. The van der Waals surface area contributed by atoms with Crippen molar-refractivity contribution >= 4 is 23.4 Å². The molecule has 1 aliphatic heterocycles. The number of hydrogen-bond donors (Lipinski definition) is 2. The fourth-order valence-electron chi connectivity index (χ4n) is 4.90. The van der Waals surface area contributed by atoms with E-state index in [9.17, 15) is 19.5 Å². The van der Waals surface area contributed by atoms with Crippen LogP contribution in [0.4, 0.5) is 0 Å². The third kappa shape index (κ3) is 5.89. The number of hydrogen-bond acceptors (Lipinski definition) is 4. The topological polar surface area (TPSA) is 91.6 Å². The number of amides is 2. The number of aryl methyl sites for hydroxylation is 1. The van der Waals surface area contributed by atoms with Gasteiger partial charge in [-0.15, -0.1) is 0 Å². The Labute approximate surface area is 231 Å². The molecule has 2 amide bonds. The predicted octanol–water partition coefficient (Wildman–Crippen LogP) is 4.97. The van der Waals surface area contributed by atoms with Gasteiger partial charge in [0.1, 0.15) is 5.56 Å². The van der Waals surface area contributed by atoms with Gasteiger partial charge in [0.05, 0.1) is 6.04 Å². The fourth-order valence-corrected chi connectivity index (χ4v) is 5.11. The quantitative estimate of drug-likeness (QED) is 0.329. The number of rotatable bonds is 8. The summed E-state index contributed by atoms with van der Waals surface area (Å²) >= 11 is 6.07. The maximum Gasteiger partial charge on any atom is 0.274 e. The Balaban J connectivity index is 1.38. The van der Waals surface area contributed by atoms with E-state index in [0.717, 1.165) is 23.1 Å². The second kappa shape index (κ2) is 11.6. The molecule has 0 radical (unpaired) electrons. The molecule has 0 aliphatic carbocycles. The molecule has 1 aliphatic rings. The van der Waals surface area contributed by atoms with Gasteiger partial charge in [0.15, 0.2) is 11.4 Å². The summed E-state index contributed by atoms with van der Waals surface area (Å²) in [6, 6.07) is 26.4. The molecule has 2 heterocycles. The van der Waals surface area contributed by atoms with E-state index in [4.69, 9.17) is 11.6 Å². The van der Waals surface area contributed by atoms with Crippen molar-refractivity contribution in [3.8, 4) is 5.75 Å². The van der Waals surface area contributed by atoms with Crippen LogP contribution in [0.3, 0.4) is 0 Å². The van der Waals surface area contributed by atoms with Crippen molar-refractivity contribution in [3.63, 3.8) is 0 Å². The summed E-state index contributed by atoms with van der Waals surface area (Å²) in [5, 5.41) is 14.3. The predicted molar refractivity (Wildman–Crippen MR) is 150 cm³/mol. The van der Waals surface area contributed by atoms with Crippen LogP contribution in [0, 0.1) is 0 Å². The monoisotopic (exact) mass is 541 g/mol. The van der Waals surface area contributed by atoms with Crippen molar-refractivity contribution in [2.45, 2.75) is 32.0 Å². The summed E-state index contributed by atoms with van der Waals surface area (Å²) in [6.07, 6.45) is 2.72. The van der Waals surface area contributed by atoms with Crippen molar-refractivity contribution in [2.24, 2.45) is 0 Å². The van der Waals surface area contributed by atoms with Gasteiger partial charge < -0.3 is 19.9 Å². The second-order valence-corrected chi connectivity index (χ2v) is 10.0. The van der Waals surface area contributed by atoms with Gasteiger partial charge in [0, 0.05) is 30.9 Å². The highest BCUT2D eigenvalue weighted by molar-refractivity contribution is 6.30. The molecule has 1 aromatic heterocycles. The van der Waals surface area contributed by atoms with E-state index in [-0.39, 0.29) is 23.8 Å². The molecule has 0 spiro atoms. The average Bonchev–Trinajstić information content (AvgIpc) is 2.95. The highest BCUT2D eigenvalue weighted by Gasteiger charge is 2.31. The Morgan fingerprint density at radius 1 is 0.923 bits per heavy atom. The zero-order chi connectivity index (χ0) is 27.4. The number of halogens is 1. The highest BCUT2D eigenvalue weighted by atomic mass is 35.5. The lowest BCUT2D eigenvalue weighted by atomic mass is 9.98. The van der Waals surface area contributed by atoms with Crippen LogP contribution in [-0.2, 0) is 19.5 Å². The molecule has 39 heavy (non-hydrogen) atoms. The first-order chi connectivity index (χ1) is 18.9. The lowest BCUT2D eigenvalue weighted by molar-refractivity contribution is 0.0681. The van der Waals surface area contributed by atoms with Gasteiger partial charge in [-0.25, -0.2) is 0 Å². The van der Waals surface area contributed by atoms with E-state index < -0.39 is 23.0 Å². The molecule has 7 nitrogen and oxygen atoms in total. The Bertz CT molecular complexity index is 1550. The number of fused-ring (bicyclic) bond motifs is 1. The van der Waals surface area contributed by atoms with Crippen molar-refractivity contribution in [2.75, 3.05) is 6.54 Å². The molecule has 1 atom stereocenters. The normalized spacial score (nSPS) is 13.6. The standard InChI is InChI=1S/C31H28ClN3O4/c32-24-13-7-10-22(18-24)19-35-17-16-34-20-25(28(36)29(37)27(34)31(35)39)30(38)33-26(23-11-5-2-6-12-23)15-14-21-8-3-1-4-9-21/h1-13,18,20,26,37H,14-17,19H2,(H,33,38). The smallest absolute Gasteiger partial charge is 0.274 e. The SMILES string of the molecule is O=C(NC(CCc1ccccc1)c1ccccc1)c1cn2c(c(O)c1=O)C(=O)N(Cc1cccc(Cl)c1)CC2. The maximum atomic E-state index is 13.4. The van der Waals surface area contributed by atoms with E-state index in [1.165, 1.54) is 10.8 Å². The summed E-state index contributed by atoms with van der Waals surface area (Å²) < 4.78 is 1.49. The molecule has 0 saturated heterocycles. The lowest BCUT2D eigenvalue weighted by Crippen LogP contribution is -2.42. The summed E-state index contributed by atoms with van der Waals surface area (Å²) in [6.45, 7) is 0.965. The number of aromatic nitrogens is 1. The Morgan fingerprint density at radius 3 is 2.33 bits per heavy atom. The number of aromatic hydroxyl groups is 1. The van der Waals surface area contributed by atoms with Crippen LogP contribution < -0.4 is 10.7 Å². The third-order valence-electron chi connectivity index (χ3n) is 6.94. The molecule has 4 aromatic rings. The number of nitrogens with one attached hydrogen (secondary N) is 1. The third-order valence-corrected chi connectivity index (χ3v) is 7.17. The zero-order valence-corrected chi connectivity index (χ0v) is 22.0. The van der Waals surface area contributed by atoms with Crippen molar-refractivity contribution < 1.29 is 14.7 Å². The van der Waals surface area contributed by atoms with E-state index >= 15 is 0 Å². The first kappa shape index (κ1) is 26.3. The summed E-state index contributed by atoms with van der Waals surface area (Å²) in [7, 11) is 0. The van der Waals surface area contributed by atoms with Gasteiger partial charge in [-0.1, -0.05) is 84.4 Å². The van der Waals surface area contributed by atoms with Crippen molar-refractivity contribution in [3.05, 3.63) is 134 Å². The largest absolute Gasteiger partial charge is 0.503 e. The summed E-state index contributed by atoms with van der Waals surface area (Å²) in [4.78, 5) is 41.3. The van der Waals surface area contributed by atoms with Gasteiger partial charge in [0.2, 0.25) is 5.43 Å². The number of pyridine rings is 1. The molecule has 0 saturated carbocycles. The average molecular weight is 542 g/mol. The molecule has 0 fully saturated rings. The van der Waals surface area contributed by atoms with Gasteiger partial charge in [-0.3, -0.25) is 14.4 Å². The molecule has 5 rings (SSSR count). The van der Waals surface area contributed by atoms with E-state index in [2.05, 4.69) is 5.32 Å². The molecule has 8 heteroatoms. The summed E-state index contributed by atoms with van der Waals surface area (Å²) in [5.74, 6) is -1.79. The van der Waals surface area contributed by atoms with E-state index in [0.29, 0.717) is 24.5 Å². The first-order valence-electron chi connectivity index (χ1n) is 12.8. The van der Waals surface area contributed by atoms with Gasteiger partial charge in [0.25, 0.3) is 11.8 Å². The maximum absolute atomic E-state index is 13.4. The van der Waals surface area contributed by atoms with Crippen LogP contribution >= 0.6 is 11.6 Å². The highest BCUT2D eigenvalue weighted by Crippen LogP contribution is 2.24. The van der Waals surface area contributed by atoms with Crippen LogP contribution in [0.1, 0.15) is 50.0 Å². The van der Waals surface area contributed by atoms with Gasteiger partial charge in [-0.2, -0.15) is 0 Å². The number of carbonyl (C=O) groups is 2. The fraction of sp³-hybridized carbons (Fsp3) is 0.194. The van der Waals surface area contributed by atoms with Crippen LogP contribution in [0.25, 0.3) is 0 Å². The van der Waals surface area contributed by atoms with Crippen LogP contribution in [0.5, 0.6) is 5.75 Å². The molecule has 3 aromatic carbocycles. The zero-order valence-electron chi connectivity index (χ0n) is 21.2. The molecular weight excluding hydrogens is 514 g/mol. The molecule has 0 bridgehead atoms. The van der Waals surface area contributed by atoms with Gasteiger partial charge in [-0.05, 0) is 41.7 Å². The number of nitrogens with zero attached hydrogens (tertiary/aromatic N) is 2. The van der Waals surface area contributed by atoms with Crippen molar-refractivity contribution in [1.29, 1.82) is 0 Å². The van der Waals surface area contributed by atoms with Crippen molar-refractivity contribution in [1.82, 2.24) is 14.8 Å². The first-order valence-corrected chi connectivity index (χ1v) is 13.2. The minimum Gasteiger partial charge on any atom is -0.503 e. The number of benzene rings is 3. The Kier molecular flexibility index (Phi) is 7.79. The number of carbonyl (C=O) groups excluding carboxylic acids is 2. The van der Waals surface area contributed by atoms with E-state index in [1.807, 2.05) is 66.7 Å². The Morgan fingerprint density at radius 2 is 1.62 bits per heavy atom. The minimum atomic E-state index is -0.869. The summed E-state index contributed by atoms with van der Waals surface area (Å²) in [5.41, 5.74) is 1.70. The van der Waals surface area contributed by atoms with Gasteiger partial charge >= 0.3 is 0 Å². The van der Waals surface area contributed by atoms with Crippen LogP contribution in [0.2, 0.25) is 5.02 Å². The van der Waals surface area contributed by atoms with Crippen LogP contribution in [0.15, 0.2) is 95.9 Å². The minimum absolute atomic E-state index is 0.117. The lowest BCUT2D eigenvalue weighted by Gasteiger charge is -2.30. The molecule has 2 N–H and O–H groups in total. The molecule has 1 unspecified atom stereocenters. The molecule has 198 valence electrons. The van der Waals surface area contributed by atoms with Crippen LogP contribution in [-0.4, -0.2) is 32.9 Å². The van der Waals surface area contributed by atoms with E-state index in [1.54, 1.807) is 23.1 Å². The molecular formula is C31H28ClN3O4. The second-order valence-electron chi connectivity index (χ2n) is 9.58.